The van der Waals surface area contributed by atoms with Crippen LogP contribution in [0.25, 0.3) is 0 Å². The molecule has 0 aliphatic carbocycles. The van der Waals surface area contributed by atoms with Gasteiger partial charge in [0, 0.05) is 39.1 Å². The number of nitrogens with one attached hydrogen (secondary N) is 2. The lowest BCUT2D eigenvalue weighted by molar-refractivity contribution is -0.137. The lowest BCUT2D eigenvalue weighted by Gasteiger charge is -2.18. The summed E-state index contributed by atoms with van der Waals surface area (Å²) in [4.78, 5) is 17.7. The van der Waals surface area contributed by atoms with Crippen molar-refractivity contribution < 1.29 is 18.0 Å². The number of hydrogen-bond donors (Lipinski definition) is 2. The lowest BCUT2D eigenvalue weighted by Crippen LogP contribution is -2.45. The van der Waals surface area contributed by atoms with Gasteiger partial charge in [0.05, 0.1) is 5.56 Å². The molecule has 1 unspecified atom stereocenters. The van der Waals surface area contributed by atoms with Gasteiger partial charge in [-0.15, -0.1) is 24.0 Å². The Morgan fingerprint density at radius 3 is 2.52 bits per heavy atom. The van der Waals surface area contributed by atoms with Gasteiger partial charge in [-0.1, -0.05) is 19.1 Å². The fourth-order valence-corrected chi connectivity index (χ4v) is 2.90. The molecule has 0 bridgehead atoms. The minimum Gasteiger partial charge on any atom is -0.356 e. The molecule has 2 rings (SSSR count). The molecule has 5 nitrogen and oxygen atoms in total. The predicted molar refractivity (Wildman–Crippen MR) is 110 cm³/mol. The van der Waals surface area contributed by atoms with Crippen LogP contribution in [0.1, 0.15) is 30.9 Å². The SMILES string of the molecule is CCC(=O)N1CCC(NC(=NC)NCCc2ccc(C(F)(F)F)cc2)C1.I. The normalized spacial score (nSPS) is 17.4. The van der Waals surface area contributed by atoms with Gasteiger partial charge in [0.15, 0.2) is 5.96 Å². The predicted octanol–water partition coefficient (Wildman–Crippen LogP) is 3.04. The van der Waals surface area contributed by atoms with Crippen LogP contribution in [-0.2, 0) is 17.4 Å². The van der Waals surface area contributed by atoms with Gasteiger partial charge in [0.25, 0.3) is 0 Å². The van der Waals surface area contributed by atoms with Crippen molar-refractivity contribution in [3.8, 4) is 0 Å². The third-order valence-electron chi connectivity index (χ3n) is 4.40. The van der Waals surface area contributed by atoms with Gasteiger partial charge < -0.3 is 15.5 Å². The van der Waals surface area contributed by atoms with E-state index in [-0.39, 0.29) is 35.9 Å². The van der Waals surface area contributed by atoms with Gasteiger partial charge in [-0.25, -0.2) is 0 Å². The minimum atomic E-state index is -4.31. The fraction of sp³-hybridized carbons (Fsp3) is 0.556. The van der Waals surface area contributed by atoms with E-state index in [1.165, 1.54) is 12.1 Å². The van der Waals surface area contributed by atoms with Crippen molar-refractivity contribution in [3.63, 3.8) is 0 Å². The van der Waals surface area contributed by atoms with Crippen molar-refractivity contribution in [2.24, 2.45) is 4.99 Å². The van der Waals surface area contributed by atoms with Crippen LogP contribution in [0.4, 0.5) is 13.2 Å². The Morgan fingerprint density at radius 1 is 1.30 bits per heavy atom. The first-order valence-electron chi connectivity index (χ1n) is 8.74. The molecule has 0 saturated carbocycles. The fourth-order valence-electron chi connectivity index (χ4n) is 2.90. The van der Waals surface area contributed by atoms with Gasteiger partial charge in [-0.05, 0) is 30.5 Å². The van der Waals surface area contributed by atoms with E-state index in [9.17, 15) is 18.0 Å². The number of likely N-dealkylation sites (tertiary alicyclic amines) is 1. The maximum Gasteiger partial charge on any atom is 0.416 e. The maximum absolute atomic E-state index is 12.6. The molecule has 1 atom stereocenters. The Bertz CT molecular complexity index is 634. The molecule has 1 aliphatic rings. The summed E-state index contributed by atoms with van der Waals surface area (Å²) in [6.07, 6.45) is -2.35. The second-order valence-electron chi connectivity index (χ2n) is 6.27. The second kappa shape index (κ2) is 10.7. The topological polar surface area (TPSA) is 56.7 Å². The number of hydrogen-bond acceptors (Lipinski definition) is 2. The van der Waals surface area contributed by atoms with Gasteiger partial charge in [-0.3, -0.25) is 9.79 Å². The Labute approximate surface area is 174 Å². The second-order valence-corrected chi connectivity index (χ2v) is 6.27. The molecule has 1 amide bonds. The molecule has 1 heterocycles. The third-order valence-corrected chi connectivity index (χ3v) is 4.40. The van der Waals surface area contributed by atoms with Gasteiger partial charge in [0.2, 0.25) is 5.91 Å². The number of nitrogens with zero attached hydrogens (tertiary/aromatic N) is 2. The van der Waals surface area contributed by atoms with E-state index in [1.807, 2.05) is 11.8 Å². The molecule has 152 valence electrons. The van der Waals surface area contributed by atoms with Crippen LogP contribution in [-0.4, -0.2) is 49.5 Å². The van der Waals surface area contributed by atoms with Crippen molar-refractivity contribution in [1.82, 2.24) is 15.5 Å². The Morgan fingerprint density at radius 2 is 1.96 bits per heavy atom. The van der Waals surface area contributed by atoms with Gasteiger partial charge in [-0.2, -0.15) is 13.2 Å². The summed E-state index contributed by atoms with van der Waals surface area (Å²) in [5, 5.41) is 6.45. The number of alkyl halides is 3. The molecule has 0 radical (unpaired) electrons. The first-order valence-corrected chi connectivity index (χ1v) is 8.74. The number of rotatable bonds is 5. The monoisotopic (exact) mass is 498 g/mol. The number of aliphatic imine (C=N–C) groups is 1. The zero-order chi connectivity index (χ0) is 19.2. The van der Waals surface area contributed by atoms with Gasteiger partial charge >= 0.3 is 6.18 Å². The van der Waals surface area contributed by atoms with Crippen molar-refractivity contribution in [2.75, 3.05) is 26.7 Å². The van der Waals surface area contributed by atoms with E-state index in [2.05, 4.69) is 15.6 Å². The third kappa shape index (κ3) is 7.19. The maximum atomic E-state index is 12.6. The minimum absolute atomic E-state index is 0. The van der Waals surface area contributed by atoms with E-state index in [4.69, 9.17) is 0 Å². The van der Waals surface area contributed by atoms with Gasteiger partial charge in [0.1, 0.15) is 0 Å². The zero-order valence-electron chi connectivity index (χ0n) is 15.5. The summed E-state index contributed by atoms with van der Waals surface area (Å²) < 4.78 is 37.7. The molecule has 1 aliphatic heterocycles. The molecule has 1 aromatic rings. The first kappa shape index (κ1) is 23.5. The van der Waals surface area contributed by atoms with Crippen molar-refractivity contribution in [3.05, 3.63) is 35.4 Å². The van der Waals surface area contributed by atoms with Crippen LogP contribution in [0.5, 0.6) is 0 Å². The van der Waals surface area contributed by atoms with Crippen molar-refractivity contribution >= 4 is 35.8 Å². The highest BCUT2D eigenvalue weighted by atomic mass is 127. The van der Waals surface area contributed by atoms with E-state index in [0.717, 1.165) is 30.7 Å². The highest BCUT2D eigenvalue weighted by Crippen LogP contribution is 2.29. The summed E-state index contributed by atoms with van der Waals surface area (Å²) >= 11 is 0. The molecule has 0 spiro atoms. The number of benzene rings is 1. The van der Waals surface area contributed by atoms with E-state index in [1.54, 1.807) is 7.05 Å². The number of halogens is 4. The van der Waals surface area contributed by atoms with Crippen LogP contribution in [0, 0.1) is 0 Å². The zero-order valence-corrected chi connectivity index (χ0v) is 17.8. The quantitative estimate of drug-likeness (QED) is 0.373. The Balaban J connectivity index is 0.00000364. The summed E-state index contributed by atoms with van der Waals surface area (Å²) in [7, 11) is 1.66. The molecular weight excluding hydrogens is 472 g/mol. The van der Waals surface area contributed by atoms with Crippen LogP contribution in [0.3, 0.4) is 0 Å². The van der Waals surface area contributed by atoms with E-state index in [0.29, 0.717) is 31.9 Å². The number of amides is 1. The van der Waals surface area contributed by atoms with Crippen LogP contribution >= 0.6 is 24.0 Å². The Kier molecular flexibility index (Phi) is 9.34. The largest absolute Gasteiger partial charge is 0.416 e. The van der Waals surface area contributed by atoms with Crippen LogP contribution in [0.15, 0.2) is 29.3 Å². The highest BCUT2D eigenvalue weighted by molar-refractivity contribution is 14.0. The molecule has 1 saturated heterocycles. The average Bonchev–Trinajstić information content (AvgIpc) is 3.08. The molecule has 1 fully saturated rings. The molecule has 9 heteroatoms. The Hall–Kier alpha value is -1.52. The molecular formula is C18H26F3IN4O. The molecule has 27 heavy (non-hydrogen) atoms. The summed E-state index contributed by atoms with van der Waals surface area (Å²) in [6.45, 7) is 3.80. The number of carbonyl (C=O) groups excluding carboxylic acids is 1. The molecule has 1 aromatic carbocycles. The highest BCUT2D eigenvalue weighted by Gasteiger charge is 2.30. The van der Waals surface area contributed by atoms with E-state index >= 15 is 0 Å². The smallest absolute Gasteiger partial charge is 0.356 e. The average molecular weight is 498 g/mol. The summed E-state index contributed by atoms with van der Waals surface area (Å²) in [5.74, 6) is 0.784. The summed E-state index contributed by atoms with van der Waals surface area (Å²) in [6, 6.07) is 5.33. The van der Waals surface area contributed by atoms with Crippen molar-refractivity contribution in [2.45, 2.75) is 38.4 Å². The summed E-state index contributed by atoms with van der Waals surface area (Å²) in [5.41, 5.74) is 0.181. The molecule has 0 aromatic heterocycles. The van der Waals surface area contributed by atoms with Crippen LogP contribution < -0.4 is 10.6 Å². The molecule has 2 N–H and O–H groups in total. The van der Waals surface area contributed by atoms with Crippen LogP contribution in [0.2, 0.25) is 0 Å². The first-order chi connectivity index (χ1) is 12.3. The number of carbonyl (C=O) groups is 1. The number of guanidine groups is 1. The lowest BCUT2D eigenvalue weighted by atomic mass is 10.1. The standard InChI is InChI=1S/C18H25F3N4O.HI/c1-3-16(26)25-11-9-15(12-25)24-17(22-2)23-10-8-13-4-6-14(7-5-13)18(19,20)21;/h4-7,15H,3,8-12H2,1-2H3,(H2,22,23,24);1H. The van der Waals surface area contributed by atoms with Crippen molar-refractivity contribution in [1.29, 1.82) is 0 Å². The van der Waals surface area contributed by atoms with E-state index < -0.39 is 11.7 Å².